The summed E-state index contributed by atoms with van der Waals surface area (Å²) >= 11 is 0. The Morgan fingerprint density at radius 3 is 2.72 bits per heavy atom. The van der Waals surface area contributed by atoms with Gasteiger partial charge in [0.25, 0.3) is 0 Å². The van der Waals surface area contributed by atoms with Gasteiger partial charge in [0.05, 0.1) is 23.4 Å². The molecule has 7 nitrogen and oxygen atoms in total. The lowest BCUT2D eigenvalue weighted by Crippen LogP contribution is -2.41. The minimum absolute atomic E-state index is 0.0107. The van der Waals surface area contributed by atoms with Crippen LogP contribution in [-0.4, -0.2) is 52.5 Å². The Kier molecular flexibility index (Phi) is 4.87. The highest BCUT2D eigenvalue weighted by Gasteiger charge is 2.35. The summed E-state index contributed by atoms with van der Waals surface area (Å²) in [6.07, 6.45) is 6.02. The summed E-state index contributed by atoms with van der Waals surface area (Å²) in [6.45, 7) is 2.71. The van der Waals surface area contributed by atoms with Crippen LogP contribution in [0.1, 0.15) is 24.8 Å². The minimum atomic E-state index is -0.664. The molecule has 2 aromatic heterocycles. The number of nitrogens with zero attached hydrogens (tertiary/aromatic N) is 3. The van der Waals surface area contributed by atoms with Crippen LogP contribution in [0.15, 0.2) is 42.7 Å². The Morgan fingerprint density at radius 2 is 2.00 bits per heavy atom. The number of rotatable bonds is 5. The highest BCUT2D eigenvalue weighted by atomic mass is 16.5. The molecule has 2 fully saturated rings. The van der Waals surface area contributed by atoms with Crippen molar-refractivity contribution in [2.45, 2.75) is 31.0 Å². The molecule has 1 saturated carbocycles. The molecule has 0 radical (unpaired) electrons. The van der Waals surface area contributed by atoms with Crippen molar-refractivity contribution in [1.29, 1.82) is 0 Å². The number of pyridine rings is 1. The van der Waals surface area contributed by atoms with Crippen molar-refractivity contribution in [2.24, 2.45) is 0 Å². The first-order valence-electron chi connectivity index (χ1n) is 10.1. The average molecular weight is 392 g/mol. The fourth-order valence-corrected chi connectivity index (χ4v) is 3.84. The maximum Gasteiger partial charge on any atom is 0.242 e. The van der Waals surface area contributed by atoms with Crippen LogP contribution >= 0.6 is 0 Å². The van der Waals surface area contributed by atoms with Crippen LogP contribution in [0.2, 0.25) is 0 Å². The number of ether oxygens (including phenoxy) is 2. The van der Waals surface area contributed by atoms with Crippen LogP contribution in [-0.2, 0) is 10.3 Å². The molecule has 1 aliphatic carbocycles. The number of fused-ring (bicyclic) bond motifs is 1. The van der Waals surface area contributed by atoms with Crippen LogP contribution in [0.3, 0.4) is 0 Å². The van der Waals surface area contributed by atoms with Gasteiger partial charge < -0.3 is 19.9 Å². The normalized spacial score (nSPS) is 20.9. The number of morpholine rings is 1. The molecule has 1 aromatic carbocycles. The van der Waals surface area contributed by atoms with Gasteiger partial charge in [0.2, 0.25) is 5.88 Å². The minimum Gasteiger partial charge on any atom is -0.473 e. The summed E-state index contributed by atoms with van der Waals surface area (Å²) in [5.41, 5.74) is 3.39. The molecule has 1 atom stereocenters. The summed E-state index contributed by atoms with van der Waals surface area (Å²) in [5.74, 6) is 0.460. The van der Waals surface area contributed by atoms with Crippen molar-refractivity contribution >= 4 is 11.0 Å². The Bertz CT molecular complexity index is 999. The molecule has 0 bridgehead atoms. The molecule has 1 saturated heterocycles. The van der Waals surface area contributed by atoms with Gasteiger partial charge in [-0.2, -0.15) is 0 Å². The van der Waals surface area contributed by atoms with Crippen molar-refractivity contribution in [2.75, 3.05) is 26.3 Å². The van der Waals surface area contributed by atoms with Crippen molar-refractivity contribution in [3.05, 3.63) is 48.3 Å². The van der Waals surface area contributed by atoms with E-state index in [9.17, 15) is 5.11 Å². The first kappa shape index (κ1) is 18.4. The van der Waals surface area contributed by atoms with E-state index in [1.807, 2.05) is 30.3 Å². The number of hydrogen-bond acceptors (Lipinski definition) is 7. The van der Waals surface area contributed by atoms with E-state index in [2.05, 4.69) is 15.3 Å². The van der Waals surface area contributed by atoms with E-state index in [4.69, 9.17) is 14.5 Å². The van der Waals surface area contributed by atoms with E-state index in [1.165, 1.54) is 0 Å². The van der Waals surface area contributed by atoms with Crippen LogP contribution in [0, 0.1) is 0 Å². The topological polar surface area (TPSA) is 89.4 Å². The Hall–Kier alpha value is -2.61. The van der Waals surface area contributed by atoms with Crippen LogP contribution in [0.5, 0.6) is 5.88 Å². The van der Waals surface area contributed by atoms with Gasteiger partial charge in [-0.05, 0) is 30.9 Å². The first-order valence-corrected chi connectivity index (χ1v) is 10.1. The fraction of sp³-hybridized carbons (Fsp3) is 0.409. The van der Waals surface area contributed by atoms with E-state index >= 15 is 0 Å². The number of nitrogens with one attached hydrogen (secondary N) is 1. The summed E-state index contributed by atoms with van der Waals surface area (Å²) in [5, 5.41) is 13.8. The lowest BCUT2D eigenvalue weighted by atomic mass is 9.75. The molecule has 2 aliphatic rings. The number of benzene rings is 1. The van der Waals surface area contributed by atoms with Crippen LogP contribution < -0.4 is 10.1 Å². The third-order valence-electron chi connectivity index (χ3n) is 5.73. The predicted molar refractivity (Wildman–Crippen MR) is 109 cm³/mol. The van der Waals surface area contributed by atoms with E-state index in [0.29, 0.717) is 24.6 Å². The van der Waals surface area contributed by atoms with Crippen molar-refractivity contribution < 1.29 is 14.6 Å². The molecule has 0 unspecified atom stereocenters. The molecule has 0 spiro atoms. The molecular weight excluding hydrogens is 368 g/mol. The molecule has 0 amide bonds. The second-order valence-electron chi connectivity index (χ2n) is 7.71. The molecule has 3 aromatic rings. The highest BCUT2D eigenvalue weighted by molar-refractivity contribution is 5.83. The molecule has 3 heterocycles. The van der Waals surface area contributed by atoms with Gasteiger partial charge in [-0.15, -0.1) is 0 Å². The summed E-state index contributed by atoms with van der Waals surface area (Å²) in [7, 11) is 0. The SMILES string of the molecule is OC1(c2ccc(-c3cc4nccnc4c(OC[C@@H]4CNCCO4)n3)cc2)CCC1. The third-order valence-corrected chi connectivity index (χ3v) is 5.73. The second kappa shape index (κ2) is 7.67. The Balaban J connectivity index is 1.44. The van der Waals surface area contributed by atoms with Crippen molar-refractivity contribution in [3.8, 4) is 17.1 Å². The largest absolute Gasteiger partial charge is 0.473 e. The second-order valence-corrected chi connectivity index (χ2v) is 7.71. The summed E-state index contributed by atoms with van der Waals surface area (Å²) in [6, 6.07) is 9.88. The fourth-order valence-electron chi connectivity index (χ4n) is 3.84. The molecule has 29 heavy (non-hydrogen) atoms. The predicted octanol–water partition coefficient (Wildman–Crippen LogP) is 2.43. The number of hydrogen-bond donors (Lipinski definition) is 2. The zero-order chi connectivity index (χ0) is 19.7. The first-order chi connectivity index (χ1) is 14.2. The summed E-state index contributed by atoms with van der Waals surface area (Å²) < 4.78 is 11.7. The lowest BCUT2D eigenvalue weighted by Gasteiger charge is -2.37. The van der Waals surface area contributed by atoms with E-state index in [0.717, 1.165) is 54.7 Å². The van der Waals surface area contributed by atoms with Crippen molar-refractivity contribution in [3.63, 3.8) is 0 Å². The molecule has 7 heteroatoms. The van der Waals surface area contributed by atoms with Crippen molar-refractivity contribution in [1.82, 2.24) is 20.3 Å². The maximum atomic E-state index is 10.6. The Labute approximate surface area is 169 Å². The average Bonchev–Trinajstić information content (AvgIpc) is 2.76. The highest BCUT2D eigenvalue weighted by Crippen LogP contribution is 2.41. The van der Waals surface area contributed by atoms with Gasteiger partial charge >= 0.3 is 0 Å². The number of aromatic nitrogens is 3. The van der Waals surface area contributed by atoms with E-state index in [-0.39, 0.29) is 6.10 Å². The standard InChI is InChI=1S/C22H24N4O3/c27-22(6-1-7-22)16-4-2-15(3-5-16)18-12-19-20(25-9-8-24-19)21(26-18)29-14-17-13-23-10-11-28-17/h2-5,8-9,12,17,23,27H,1,6-7,10-11,13-14H2/t17-/m0/s1. The number of aliphatic hydroxyl groups is 1. The molecule has 2 N–H and O–H groups in total. The zero-order valence-electron chi connectivity index (χ0n) is 16.2. The van der Waals surface area contributed by atoms with Gasteiger partial charge in [-0.3, -0.25) is 4.98 Å². The molecule has 1 aliphatic heterocycles. The lowest BCUT2D eigenvalue weighted by molar-refractivity contribution is -0.0387. The molecule has 5 rings (SSSR count). The monoisotopic (exact) mass is 392 g/mol. The molecule has 150 valence electrons. The zero-order valence-corrected chi connectivity index (χ0v) is 16.2. The molecular formula is C22H24N4O3. The summed E-state index contributed by atoms with van der Waals surface area (Å²) in [4.78, 5) is 13.6. The van der Waals surface area contributed by atoms with Gasteiger partial charge in [-0.25, -0.2) is 9.97 Å². The van der Waals surface area contributed by atoms with E-state index in [1.54, 1.807) is 12.4 Å². The van der Waals surface area contributed by atoms with Gasteiger partial charge in [0.1, 0.15) is 12.7 Å². The third kappa shape index (κ3) is 3.69. The van der Waals surface area contributed by atoms with Gasteiger partial charge in [-0.1, -0.05) is 24.3 Å². The Morgan fingerprint density at radius 1 is 1.17 bits per heavy atom. The quantitative estimate of drug-likeness (QED) is 0.689. The maximum absolute atomic E-state index is 10.6. The van der Waals surface area contributed by atoms with Gasteiger partial charge in [0.15, 0.2) is 5.52 Å². The van der Waals surface area contributed by atoms with Crippen LogP contribution in [0.25, 0.3) is 22.3 Å². The van der Waals surface area contributed by atoms with Gasteiger partial charge in [0, 0.05) is 31.0 Å². The van der Waals surface area contributed by atoms with Crippen LogP contribution in [0.4, 0.5) is 0 Å². The van der Waals surface area contributed by atoms with E-state index < -0.39 is 5.60 Å². The smallest absolute Gasteiger partial charge is 0.242 e.